The van der Waals surface area contributed by atoms with E-state index in [1.165, 1.54) is 62.5 Å². The average molecular weight is 411 g/mol. The summed E-state index contributed by atoms with van der Waals surface area (Å²) in [6.45, 7) is 0. The van der Waals surface area contributed by atoms with E-state index in [-0.39, 0.29) is 0 Å². The molecule has 0 unspecified atom stereocenters. The number of carboxylic acids is 1. The van der Waals surface area contributed by atoms with E-state index in [4.69, 9.17) is 10.1 Å². The molecule has 1 fully saturated rings. The third kappa shape index (κ3) is 7.73. The molecule has 1 spiro atoms. The first kappa shape index (κ1) is 22.2. The maximum absolute atomic E-state index is 10.4. The summed E-state index contributed by atoms with van der Waals surface area (Å²) in [4.78, 5) is 22.7. The Morgan fingerprint density at radius 2 is 1.73 bits per heavy atom. The fraction of sp³-hybridized carbons (Fsp3) is 0.583. The van der Waals surface area contributed by atoms with Crippen molar-refractivity contribution in [1.82, 2.24) is 15.0 Å². The fourth-order valence-electron chi connectivity index (χ4n) is 3.98. The van der Waals surface area contributed by atoms with E-state index in [0.29, 0.717) is 12.0 Å². The number of pyridine rings is 1. The molecule has 0 aromatic carbocycles. The molecule has 0 saturated heterocycles. The Hall–Kier alpha value is -2.50. The molecule has 162 valence electrons. The van der Waals surface area contributed by atoms with Crippen LogP contribution in [0.1, 0.15) is 81.9 Å². The van der Waals surface area contributed by atoms with Gasteiger partial charge in [-0.25, -0.2) is 15.0 Å². The average Bonchev–Trinajstić information content (AvgIpc) is 3.55. The maximum Gasteiger partial charge on any atom is 0.303 e. The van der Waals surface area contributed by atoms with Crippen LogP contribution < -0.4 is 5.32 Å². The number of nitrogens with one attached hydrogen (secondary N) is 1. The molecule has 2 aromatic rings. The minimum atomic E-state index is -0.675. The first-order valence-corrected chi connectivity index (χ1v) is 11.4. The highest BCUT2D eigenvalue weighted by Gasteiger charge is 2.43. The van der Waals surface area contributed by atoms with Crippen LogP contribution in [-0.2, 0) is 17.6 Å². The molecule has 30 heavy (non-hydrogen) atoms. The summed E-state index contributed by atoms with van der Waals surface area (Å²) < 4.78 is 0. The highest BCUT2D eigenvalue weighted by molar-refractivity contribution is 5.66. The van der Waals surface area contributed by atoms with Crippen molar-refractivity contribution in [3.63, 3.8) is 0 Å². The summed E-state index contributed by atoms with van der Waals surface area (Å²) in [6, 6.07) is 6.26. The Bertz CT molecular complexity index is 751. The molecule has 2 aliphatic rings. The summed E-state index contributed by atoms with van der Waals surface area (Å²) in [6.07, 6.45) is 19.2. The molecule has 0 radical (unpaired) electrons. The van der Waals surface area contributed by atoms with Crippen LogP contribution in [0, 0.1) is 0 Å². The molecule has 6 heteroatoms. The van der Waals surface area contributed by atoms with Gasteiger partial charge in [0.2, 0.25) is 0 Å². The molecule has 3 heterocycles. The number of nitrogens with zero attached hydrogens (tertiary/aromatic N) is 3. The Morgan fingerprint density at radius 1 is 1.00 bits per heavy atom. The Labute approximate surface area is 179 Å². The topological polar surface area (TPSA) is 88.0 Å². The van der Waals surface area contributed by atoms with Crippen LogP contribution in [-0.4, -0.2) is 31.6 Å². The molecule has 0 atom stereocenters. The minimum Gasteiger partial charge on any atom is -0.481 e. The second-order valence-electron chi connectivity index (χ2n) is 8.49. The van der Waals surface area contributed by atoms with Gasteiger partial charge in [0.15, 0.2) is 0 Å². The summed E-state index contributed by atoms with van der Waals surface area (Å²) in [5, 5.41) is 12.3. The lowest BCUT2D eigenvalue weighted by atomic mass is 10.1. The molecule has 1 saturated carbocycles. The van der Waals surface area contributed by atoms with Crippen LogP contribution in [0.25, 0.3) is 0 Å². The van der Waals surface area contributed by atoms with Crippen molar-refractivity contribution in [3.05, 3.63) is 48.2 Å². The molecule has 6 nitrogen and oxygen atoms in total. The number of fused-ring (bicyclic) bond motifs is 1. The van der Waals surface area contributed by atoms with E-state index >= 15 is 0 Å². The highest BCUT2D eigenvalue weighted by Crippen LogP contribution is 2.45. The van der Waals surface area contributed by atoms with Gasteiger partial charge in [0.25, 0.3) is 0 Å². The van der Waals surface area contributed by atoms with Gasteiger partial charge in [-0.05, 0) is 69.1 Å². The third-order valence-corrected chi connectivity index (χ3v) is 5.93. The molecule has 4 rings (SSSR count). The number of hydrogen-bond acceptors (Lipinski definition) is 5. The van der Waals surface area contributed by atoms with Crippen LogP contribution in [0.5, 0.6) is 0 Å². The smallest absolute Gasteiger partial charge is 0.303 e. The van der Waals surface area contributed by atoms with E-state index < -0.39 is 5.97 Å². The summed E-state index contributed by atoms with van der Waals surface area (Å²) >= 11 is 0. The van der Waals surface area contributed by atoms with Gasteiger partial charge in [-0.1, -0.05) is 31.7 Å². The third-order valence-electron chi connectivity index (χ3n) is 5.93. The van der Waals surface area contributed by atoms with Gasteiger partial charge >= 0.3 is 5.97 Å². The van der Waals surface area contributed by atoms with E-state index in [9.17, 15) is 4.79 Å². The Morgan fingerprint density at radius 3 is 2.37 bits per heavy atom. The predicted molar refractivity (Wildman–Crippen MR) is 118 cm³/mol. The lowest BCUT2D eigenvalue weighted by Gasteiger charge is -2.16. The molecule has 1 aliphatic carbocycles. The summed E-state index contributed by atoms with van der Waals surface area (Å²) in [5.74, 6) is 0.474. The van der Waals surface area contributed by atoms with E-state index in [1.54, 1.807) is 18.5 Å². The van der Waals surface area contributed by atoms with Crippen molar-refractivity contribution >= 4 is 11.8 Å². The van der Waals surface area contributed by atoms with Crippen molar-refractivity contribution in [1.29, 1.82) is 0 Å². The van der Waals surface area contributed by atoms with E-state index in [1.807, 2.05) is 0 Å². The van der Waals surface area contributed by atoms with Crippen LogP contribution in [0.4, 0.5) is 5.82 Å². The molecular weight excluding hydrogens is 376 g/mol. The number of unbranched alkanes of at least 4 members (excludes halogenated alkanes) is 5. The van der Waals surface area contributed by atoms with Gasteiger partial charge in [0, 0.05) is 30.0 Å². The fourth-order valence-corrected chi connectivity index (χ4v) is 3.98. The maximum atomic E-state index is 10.4. The number of carbonyl (C=O) groups is 1. The largest absolute Gasteiger partial charge is 0.481 e. The van der Waals surface area contributed by atoms with Crippen molar-refractivity contribution in [2.75, 3.05) is 5.32 Å². The number of aromatic nitrogens is 3. The van der Waals surface area contributed by atoms with Gasteiger partial charge in [-0.2, -0.15) is 0 Å². The Balaban J connectivity index is 0.000000367. The zero-order chi connectivity index (χ0) is 21.1. The Kier molecular flexibility index (Phi) is 8.60. The van der Waals surface area contributed by atoms with Crippen molar-refractivity contribution in [2.24, 2.45) is 0 Å². The zero-order valence-electron chi connectivity index (χ0n) is 17.9. The number of hydrogen-bond donors (Lipinski definition) is 2. The first-order chi connectivity index (χ1) is 14.7. The quantitative estimate of drug-likeness (QED) is 0.553. The minimum absolute atomic E-state index is 0.313. The van der Waals surface area contributed by atoms with Crippen molar-refractivity contribution in [2.45, 2.75) is 89.0 Å². The lowest BCUT2D eigenvalue weighted by Crippen LogP contribution is -2.20. The number of carboxylic acid groups (broad SMARTS) is 1. The van der Waals surface area contributed by atoms with Gasteiger partial charge < -0.3 is 10.4 Å². The first-order valence-electron chi connectivity index (χ1n) is 11.4. The molecule has 2 aromatic heterocycles. The van der Waals surface area contributed by atoms with Crippen molar-refractivity contribution < 1.29 is 9.90 Å². The van der Waals surface area contributed by atoms with Crippen LogP contribution in [0.2, 0.25) is 0 Å². The molecule has 0 bridgehead atoms. The SMILES string of the molecule is O=C(O)CCCCCCCCc1ccc2c(n1)NC1(CCC2)CC1.c1cncnc1. The predicted octanol–water partition coefficient (Wildman–Crippen LogP) is 5.20. The van der Waals surface area contributed by atoms with E-state index in [0.717, 1.165) is 37.9 Å². The number of rotatable bonds is 9. The number of anilines is 1. The second-order valence-corrected chi connectivity index (χ2v) is 8.49. The van der Waals surface area contributed by atoms with Crippen LogP contribution in [0.3, 0.4) is 0 Å². The molecule has 1 aliphatic heterocycles. The summed E-state index contributed by atoms with van der Waals surface area (Å²) in [5.41, 5.74) is 2.98. The van der Waals surface area contributed by atoms with Crippen LogP contribution in [0.15, 0.2) is 36.9 Å². The second kappa shape index (κ2) is 11.6. The van der Waals surface area contributed by atoms with Gasteiger partial charge in [-0.3, -0.25) is 4.79 Å². The zero-order valence-corrected chi connectivity index (χ0v) is 17.9. The molecule has 0 amide bonds. The number of aliphatic carboxylic acids is 1. The lowest BCUT2D eigenvalue weighted by molar-refractivity contribution is -0.137. The van der Waals surface area contributed by atoms with Gasteiger partial charge in [-0.15, -0.1) is 0 Å². The summed E-state index contributed by atoms with van der Waals surface area (Å²) in [7, 11) is 0. The number of aryl methyl sites for hydroxylation is 2. The van der Waals surface area contributed by atoms with Crippen LogP contribution >= 0.6 is 0 Å². The monoisotopic (exact) mass is 410 g/mol. The van der Waals surface area contributed by atoms with Gasteiger partial charge in [0.1, 0.15) is 12.1 Å². The standard InChI is InChI=1S/C20H30N2O2.C4H4N2/c23-18(24)10-6-4-2-1-3-5-9-17-12-11-16-8-7-13-20(14-15-20)22-19(16)21-17;1-2-5-4-6-3-1/h11-12H,1-10,13-15H2,(H,21,22)(H,23,24);1-4H. The normalized spacial score (nSPS) is 15.9. The molecular formula is C24H34N4O2. The highest BCUT2D eigenvalue weighted by atomic mass is 16.4. The van der Waals surface area contributed by atoms with Gasteiger partial charge in [0.05, 0.1) is 0 Å². The van der Waals surface area contributed by atoms with Crippen molar-refractivity contribution in [3.8, 4) is 0 Å². The molecule has 2 N–H and O–H groups in total. The van der Waals surface area contributed by atoms with E-state index in [2.05, 4.69) is 27.4 Å².